The van der Waals surface area contributed by atoms with Crippen molar-refractivity contribution in [3.8, 4) is 0 Å². The van der Waals surface area contributed by atoms with Gasteiger partial charge < -0.3 is 9.84 Å². The zero-order chi connectivity index (χ0) is 14.1. The summed E-state index contributed by atoms with van der Waals surface area (Å²) >= 11 is 9.96. The molecule has 0 aromatic carbocycles. The molecule has 0 radical (unpaired) electrons. The molecule has 0 amide bonds. The molecule has 0 aliphatic carbocycles. The van der Waals surface area contributed by atoms with Crippen molar-refractivity contribution < 1.29 is 14.6 Å². The van der Waals surface area contributed by atoms with Gasteiger partial charge in [-0.05, 0) is 6.92 Å². The molecule has 0 aliphatic heterocycles. The summed E-state index contributed by atoms with van der Waals surface area (Å²) in [5.41, 5.74) is 0. The number of carbonyl (C=O) groups is 1. The standard InChI is InChI=1S/C6H14.C4H8O2.C2H4Cl2O/c1-3-5-6-4-2;1-3-6-4(2)5;3-2(4)1-5/h3-6H2,1-2H3;3H2,1-2H3;2,5H,1H2. The van der Waals surface area contributed by atoms with E-state index in [4.69, 9.17) is 28.3 Å². The van der Waals surface area contributed by atoms with E-state index in [0.29, 0.717) is 6.61 Å². The van der Waals surface area contributed by atoms with Crippen molar-refractivity contribution in [3.05, 3.63) is 0 Å². The van der Waals surface area contributed by atoms with Gasteiger partial charge in [-0.15, -0.1) is 23.2 Å². The second-order valence-electron chi connectivity index (χ2n) is 3.21. The number of hydrogen-bond donors (Lipinski definition) is 1. The predicted molar refractivity (Wildman–Crippen MR) is 74.7 cm³/mol. The molecule has 3 nitrogen and oxygen atoms in total. The van der Waals surface area contributed by atoms with Gasteiger partial charge in [0, 0.05) is 6.92 Å². The molecule has 106 valence electrons. The van der Waals surface area contributed by atoms with Gasteiger partial charge in [-0.1, -0.05) is 39.5 Å². The smallest absolute Gasteiger partial charge is 0.302 e. The van der Waals surface area contributed by atoms with Crippen molar-refractivity contribution >= 4 is 29.2 Å². The second-order valence-corrected chi connectivity index (χ2v) is 4.48. The first kappa shape index (κ1) is 22.2. The van der Waals surface area contributed by atoms with E-state index in [2.05, 4.69) is 18.6 Å². The Labute approximate surface area is 115 Å². The average Bonchev–Trinajstić information content (AvgIpc) is 2.27. The van der Waals surface area contributed by atoms with Crippen LogP contribution in [-0.2, 0) is 9.53 Å². The summed E-state index contributed by atoms with van der Waals surface area (Å²) in [7, 11) is 0. The van der Waals surface area contributed by atoms with Crippen molar-refractivity contribution in [2.24, 2.45) is 0 Å². The summed E-state index contributed by atoms with van der Waals surface area (Å²) in [4.78, 5) is 9.21. The maximum Gasteiger partial charge on any atom is 0.302 e. The zero-order valence-electron chi connectivity index (χ0n) is 11.3. The first-order valence-corrected chi connectivity index (χ1v) is 6.85. The fourth-order valence-electron chi connectivity index (χ4n) is 0.703. The van der Waals surface area contributed by atoms with E-state index in [9.17, 15) is 4.79 Å². The normalized spacial score (nSPS) is 8.71. The molecule has 0 heterocycles. The SMILES string of the molecule is CCCCCC.CCOC(C)=O.OCC(Cl)Cl. The Balaban J connectivity index is -0.000000174. The van der Waals surface area contributed by atoms with Gasteiger partial charge in [0.05, 0.1) is 13.2 Å². The molecular formula is C12H26Cl2O3. The minimum absolute atomic E-state index is 0.164. The van der Waals surface area contributed by atoms with Crippen LogP contribution in [0.25, 0.3) is 0 Å². The first-order chi connectivity index (χ1) is 7.95. The van der Waals surface area contributed by atoms with Gasteiger partial charge in [-0.2, -0.15) is 0 Å². The Hall–Kier alpha value is 0.01000. The molecule has 17 heavy (non-hydrogen) atoms. The highest BCUT2D eigenvalue weighted by Gasteiger charge is 1.88. The molecule has 0 aromatic heterocycles. The number of aliphatic hydroxyl groups is 1. The molecule has 1 N–H and O–H groups in total. The molecule has 0 unspecified atom stereocenters. The van der Waals surface area contributed by atoms with Gasteiger partial charge in [0.2, 0.25) is 0 Å². The van der Waals surface area contributed by atoms with Crippen LogP contribution in [0.2, 0.25) is 0 Å². The number of aliphatic hydroxyl groups excluding tert-OH is 1. The Morgan fingerprint density at radius 3 is 1.59 bits per heavy atom. The average molecular weight is 289 g/mol. The largest absolute Gasteiger partial charge is 0.466 e. The Morgan fingerprint density at radius 1 is 1.18 bits per heavy atom. The number of ether oxygens (including phenoxy) is 1. The molecule has 0 aliphatic rings. The van der Waals surface area contributed by atoms with Crippen LogP contribution < -0.4 is 0 Å². The van der Waals surface area contributed by atoms with Crippen molar-refractivity contribution in [2.75, 3.05) is 13.2 Å². The number of hydrogen-bond acceptors (Lipinski definition) is 3. The molecule has 0 rings (SSSR count). The van der Waals surface area contributed by atoms with Crippen molar-refractivity contribution in [1.82, 2.24) is 0 Å². The highest BCUT2D eigenvalue weighted by atomic mass is 35.5. The third-order valence-corrected chi connectivity index (χ3v) is 1.72. The quantitative estimate of drug-likeness (QED) is 0.474. The fourth-order valence-corrected chi connectivity index (χ4v) is 0.703. The van der Waals surface area contributed by atoms with Crippen LogP contribution in [0.15, 0.2) is 0 Å². The molecule has 0 aromatic rings. The Bertz CT molecular complexity index is 138. The highest BCUT2D eigenvalue weighted by Crippen LogP contribution is 1.96. The molecule has 5 heteroatoms. The van der Waals surface area contributed by atoms with Crippen LogP contribution in [0.4, 0.5) is 0 Å². The summed E-state index contributed by atoms with van der Waals surface area (Å²) in [5.74, 6) is -0.211. The molecule has 0 fully saturated rings. The monoisotopic (exact) mass is 288 g/mol. The van der Waals surface area contributed by atoms with Crippen molar-refractivity contribution in [2.45, 2.75) is 58.2 Å². The highest BCUT2D eigenvalue weighted by molar-refractivity contribution is 6.44. The predicted octanol–water partition coefficient (Wildman–Crippen LogP) is 3.94. The fraction of sp³-hybridized carbons (Fsp3) is 0.917. The molecule has 0 spiro atoms. The summed E-state index contributed by atoms with van der Waals surface area (Å²) < 4.78 is 4.40. The lowest BCUT2D eigenvalue weighted by atomic mass is 10.2. The van der Waals surface area contributed by atoms with E-state index in [1.165, 1.54) is 32.6 Å². The van der Waals surface area contributed by atoms with Crippen LogP contribution in [0.1, 0.15) is 53.4 Å². The number of alkyl halides is 2. The first-order valence-electron chi connectivity index (χ1n) is 5.98. The van der Waals surface area contributed by atoms with Gasteiger partial charge in [0.1, 0.15) is 4.84 Å². The molecule has 0 atom stereocenters. The lowest BCUT2D eigenvalue weighted by Crippen LogP contribution is -1.95. The van der Waals surface area contributed by atoms with E-state index in [-0.39, 0.29) is 12.6 Å². The number of esters is 1. The van der Waals surface area contributed by atoms with Gasteiger partial charge in [0.15, 0.2) is 0 Å². The van der Waals surface area contributed by atoms with Gasteiger partial charge in [-0.25, -0.2) is 0 Å². The third kappa shape index (κ3) is 49.0. The minimum Gasteiger partial charge on any atom is -0.466 e. The molecule has 0 bridgehead atoms. The van der Waals surface area contributed by atoms with E-state index in [0.717, 1.165) is 0 Å². The van der Waals surface area contributed by atoms with Gasteiger partial charge in [-0.3, -0.25) is 4.79 Å². The van der Waals surface area contributed by atoms with E-state index >= 15 is 0 Å². The van der Waals surface area contributed by atoms with Crippen molar-refractivity contribution in [1.29, 1.82) is 0 Å². The summed E-state index contributed by atoms with van der Waals surface area (Å²) in [5, 5.41) is 7.88. The van der Waals surface area contributed by atoms with E-state index in [1.54, 1.807) is 6.92 Å². The van der Waals surface area contributed by atoms with E-state index < -0.39 is 4.84 Å². The topological polar surface area (TPSA) is 46.5 Å². The van der Waals surface area contributed by atoms with E-state index in [1.807, 2.05) is 0 Å². The second kappa shape index (κ2) is 21.3. The lowest BCUT2D eigenvalue weighted by molar-refractivity contribution is -0.140. The minimum atomic E-state index is -0.616. The summed E-state index contributed by atoms with van der Waals surface area (Å²) in [6.07, 6.45) is 5.54. The number of carbonyl (C=O) groups excluding carboxylic acids is 1. The maximum absolute atomic E-state index is 9.82. The van der Waals surface area contributed by atoms with Crippen LogP contribution in [0.3, 0.4) is 0 Å². The maximum atomic E-state index is 9.82. The third-order valence-electron chi connectivity index (χ3n) is 1.44. The van der Waals surface area contributed by atoms with Crippen LogP contribution in [0, 0.1) is 0 Å². The summed E-state index contributed by atoms with van der Waals surface area (Å²) in [6, 6.07) is 0. The van der Waals surface area contributed by atoms with Gasteiger partial charge >= 0.3 is 5.97 Å². The number of halogens is 2. The molecular weight excluding hydrogens is 263 g/mol. The Kier molecular flexibility index (Phi) is 27.8. The number of unbranched alkanes of at least 4 members (excludes halogenated alkanes) is 3. The van der Waals surface area contributed by atoms with Crippen molar-refractivity contribution in [3.63, 3.8) is 0 Å². The zero-order valence-corrected chi connectivity index (χ0v) is 12.9. The van der Waals surface area contributed by atoms with Crippen LogP contribution in [-0.4, -0.2) is 29.1 Å². The number of rotatable bonds is 5. The van der Waals surface area contributed by atoms with Gasteiger partial charge in [0.25, 0.3) is 0 Å². The molecule has 0 saturated heterocycles. The molecule has 0 saturated carbocycles. The van der Waals surface area contributed by atoms with Crippen LogP contribution in [0.5, 0.6) is 0 Å². The summed E-state index contributed by atoms with van der Waals surface area (Å²) in [6.45, 7) is 7.95. The lowest BCUT2D eigenvalue weighted by Gasteiger charge is -1.89. The Morgan fingerprint density at radius 2 is 1.53 bits per heavy atom. The van der Waals surface area contributed by atoms with Crippen LogP contribution >= 0.6 is 23.2 Å².